The maximum atomic E-state index is 10.9. The fourth-order valence-electron chi connectivity index (χ4n) is 1.80. The van der Waals surface area contributed by atoms with E-state index in [0.29, 0.717) is 24.4 Å². The quantitative estimate of drug-likeness (QED) is 0.736. The van der Waals surface area contributed by atoms with E-state index in [1.165, 1.54) is 0 Å². The lowest BCUT2D eigenvalue weighted by Crippen LogP contribution is -2.35. The molecule has 0 aliphatic heterocycles. The van der Waals surface area contributed by atoms with Crippen LogP contribution in [0.3, 0.4) is 0 Å². The van der Waals surface area contributed by atoms with E-state index in [1.54, 1.807) is 30.2 Å². The zero-order valence-corrected chi connectivity index (χ0v) is 12.2. The first-order valence-corrected chi connectivity index (χ1v) is 6.37. The molecule has 0 bridgehead atoms. The third-order valence-electron chi connectivity index (χ3n) is 2.90. The average Bonchev–Trinajstić information content (AvgIpc) is 2.37. The van der Waals surface area contributed by atoms with Crippen LogP contribution < -0.4 is 4.74 Å². The highest BCUT2D eigenvalue weighted by Gasteiger charge is 2.13. The number of carboxylic acid groups (broad SMARTS) is 1. The zero-order valence-electron chi connectivity index (χ0n) is 12.2. The molecule has 0 saturated carbocycles. The number of likely N-dealkylation sites (N-methyl/N-ethyl adjacent to an activating group) is 1. The number of methoxy groups -OCH3 is 1. The predicted octanol–water partition coefficient (Wildman–Crippen LogP) is 0.849. The SMILES string of the molecule is COc1ccc(O)c(CN(CCN(C)C)CC(=O)O)c1. The molecule has 112 valence electrons. The molecule has 2 N–H and O–H groups in total. The van der Waals surface area contributed by atoms with E-state index < -0.39 is 5.97 Å². The van der Waals surface area contributed by atoms with Crippen molar-refractivity contribution in [3.63, 3.8) is 0 Å². The highest BCUT2D eigenvalue weighted by Crippen LogP contribution is 2.24. The summed E-state index contributed by atoms with van der Waals surface area (Å²) in [5, 5.41) is 18.8. The number of hydrogen-bond acceptors (Lipinski definition) is 5. The third kappa shape index (κ3) is 5.46. The molecule has 0 unspecified atom stereocenters. The Balaban J connectivity index is 2.79. The van der Waals surface area contributed by atoms with Gasteiger partial charge in [0.15, 0.2) is 0 Å². The fraction of sp³-hybridized carbons (Fsp3) is 0.500. The van der Waals surface area contributed by atoms with Gasteiger partial charge in [-0.15, -0.1) is 0 Å². The molecular formula is C14H22N2O4. The van der Waals surface area contributed by atoms with Crippen LogP contribution in [0.2, 0.25) is 0 Å². The van der Waals surface area contributed by atoms with Crippen LogP contribution in [-0.4, -0.2) is 66.8 Å². The van der Waals surface area contributed by atoms with Gasteiger partial charge in [0.25, 0.3) is 0 Å². The van der Waals surface area contributed by atoms with E-state index in [1.807, 2.05) is 19.0 Å². The first-order valence-electron chi connectivity index (χ1n) is 6.37. The van der Waals surface area contributed by atoms with E-state index in [2.05, 4.69) is 0 Å². The Morgan fingerprint density at radius 1 is 1.30 bits per heavy atom. The van der Waals surface area contributed by atoms with Gasteiger partial charge < -0.3 is 19.8 Å². The number of phenolic OH excluding ortho intramolecular Hbond substituents is 1. The molecular weight excluding hydrogens is 260 g/mol. The number of rotatable bonds is 8. The second-order valence-corrected chi connectivity index (χ2v) is 4.90. The summed E-state index contributed by atoms with van der Waals surface area (Å²) in [5.41, 5.74) is 0.657. The number of benzene rings is 1. The number of ether oxygens (including phenoxy) is 1. The van der Waals surface area contributed by atoms with Crippen molar-refractivity contribution in [3.05, 3.63) is 23.8 Å². The lowest BCUT2D eigenvalue weighted by atomic mass is 10.1. The molecule has 0 amide bonds. The first-order chi connectivity index (χ1) is 9.42. The van der Waals surface area contributed by atoms with E-state index in [-0.39, 0.29) is 12.3 Å². The van der Waals surface area contributed by atoms with Crippen molar-refractivity contribution >= 4 is 5.97 Å². The van der Waals surface area contributed by atoms with Gasteiger partial charge in [0.1, 0.15) is 11.5 Å². The van der Waals surface area contributed by atoms with Gasteiger partial charge in [-0.1, -0.05) is 0 Å². The van der Waals surface area contributed by atoms with E-state index in [4.69, 9.17) is 9.84 Å². The second-order valence-electron chi connectivity index (χ2n) is 4.90. The summed E-state index contributed by atoms with van der Waals surface area (Å²) in [5.74, 6) is -0.0992. The molecule has 20 heavy (non-hydrogen) atoms. The average molecular weight is 282 g/mol. The van der Waals surface area contributed by atoms with Crippen LogP contribution >= 0.6 is 0 Å². The molecule has 0 radical (unpaired) electrons. The Bertz CT molecular complexity index is 449. The summed E-state index contributed by atoms with van der Waals surface area (Å²) in [7, 11) is 5.42. The van der Waals surface area contributed by atoms with Crippen molar-refractivity contribution in [2.24, 2.45) is 0 Å². The Hall–Kier alpha value is -1.79. The van der Waals surface area contributed by atoms with Crippen molar-refractivity contribution in [2.45, 2.75) is 6.54 Å². The van der Waals surface area contributed by atoms with Gasteiger partial charge in [-0.3, -0.25) is 9.69 Å². The van der Waals surface area contributed by atoms with Crippen LogP contribution in [0, 0.1) is 0 Å². The monoisotopic (exact) mass is 282 g/mol. The molecule has 1 rings (SSSR count). The van der Waals surface area contributed by atoms with Crippen LogP contribution in [-0.2, 0) is 11.3 Å². The summed E-state index contributed by atoms with van der Waals surface area (Å²) in [6.07, 6.45) is 0. The molecule has 0 aliphatic carbocycles. The molecule has 0 atom stereocenters. The lowest BCUT2D eigenvalue weighted by Gasteiger charge is -2.23. The summed E-state index contributed by atoms with van der Waals surface area (Å²) in [4.78, 5) is 14.7. The van der Waals surface area contributed by atoms with E-state index in [0.717, 1.165) is 6.54 Å². The summed E-state index contributed by atoms with van der Waals surface area (Å²) >= 11 is 0. The van der Waals surface area contributed by atoms with Crippen molar-refractivity contribution in [1.82, 2.24) is 9.80 Å². The third-order valence-corrected chi connectivity index (χ3v) is 2.90. The smallest absolute Gasteiger partial charge is 0.317 e. The minimum Gasteiger partial charge on any atom is -0.508 e. The molecule has 1 aromatic carbocycles. The van der Waals surface area contributed by atoms with Crippen molar-refractivity contribution < 1.29 is 19.7 Å². The highest BCUT2D eigenvalue weighted by molar-refractivity contribution is 5.69. The van der Waals surface area contributed by atoms with E-state index in [9.17, 15) is 9.90 Å². The molecule has 6 heteroatoms. The van der Waals surface area contributed by atoms with Gasteiger partial charge in [0.05, 0.1) is 13.7 Å². The van der Waals surface area contributed by atoms with Crippen LogP contribution in [0.1, 0.15) is 5.56 Å². The largest absolute Gasteiger partial charge is 0.508 e. The first kappa shape index (κ1) is 16.3. The standard InChI is InChI=1S/C14H22N2O4/c1-15(2)6-7-16(10-14(18)19)9-11-8-12(20-3)4-5-13(11)17/h4-5,8,17H,6-7,9-10H2,1-3H3,(H,18,19). The van der Waals surface area contributed by atoms with Gasteiger partial charge >= 0.3 is 5.97 Å². The maximum absolute atomic E-state index is 10.9. The minimum atomic E-state index is -0.883. The molecule has 0 aromatic heterocycles. The fourth-order valence-corrected chi connectivity index (χ4v) is 1.80. The van der Waals surface area contributed by atoms with Gasteiger partial charge in [-0.05, 0) is 32.3 Å². The number of aliphatic carboxylic acids is 1. The summed E-state index contributed by atoms with van der Waals surface area (Å²) < 4.78 is 5.12. The Kier molecular flexibility index (Phi) is 6.27. The Labute approximate surface area is 119 Å². The minimum absolute atomic E-state index is 0.0650. The molecule has 0 aliphatic rings. The van der Waals surface area contributed by atoms with Gasteiger partial charge in [0.2, 0.25) is 0 Å². The molecule has 0 spiro atoms. The number of phenols is 1. The number of carbonyl (C=O) groups is 1. The van der Waals surface area contributed by atoms with Gasteiger partial charge in [-0.2, -0.15) is 0 Å². The predicted molar refractivity (Wildman–Crippen MR) is 76.1 cm³/mol. The second kappa shape index (κ2) is 7.72. The summed E-state index contributed by atoms with van der Waals surface area (Å²) in [6, 6.07) is 4.94. The van der Waals surface area contributed by atoms with Crippen LogP contribution in [0.25, 0.3) is 0 Å². The normalized spacial score (nSPS) is 11.1. The van der Waals surface area contributed by atoms with Gasteiger partial charge in [0, 0.05) is 25.2 Å². The van der Waals surface area contributed by atoms with Crippen molar-refractivity contribution in [2.75, 3.05) is 40.8 Å². The van der Waals surface area contributed by atoms with Crippen LogP contribution in [0.4, 0.5) is 0 Å². The Morgan fingerprint density at radius 2 is 2.00 bits per heavy atom. The topological polar surface area (TPSA) is 73.2 Å². The van der Waals surface area contributed by atoms with Crippen molar-refractivity contribution in [3.8, 4) is 11.5 Å². The number of carboxylic acids is 1. The van der Waals surface area contributed by atoms with Crippen LogP contribution in [0.15, 0.2) is 18.2 Å². The maximum Gasteiger partial charge on any atom is 0.317 e. The zero-order chi connectivity index (χ0) is 15.1. The van der Waals surface area contributed by atoms with E-state index >= 15 is 0 Å². The van der Waals surface area contributed by atoms with Crippen molar-refractivity contribution in [1.29, 1.82) is 0 Å². The molecule has 0 saturated heterocycles. The summed E-state index contributed by atoms with van der Waals surface area (Å²) in [6.45, 7) is 1.65. The molecule has 0 heterocycles. The number of aromatic hydroxyl groups is 1. The Morgan fingerprint density at radius 3 is 2.55 bits per heavy atom. The highest BCUT2D eigenvalue weighted by atomic mass is 16.5. The number of nitrogens with zero attached hydrogens (tertiary/aromatic N) is 2. The lowest BCUT2D eigenvalue weighted by molar-refractivity contribution is -0.138. The molecule has 6 nitrogen and oxygen atoms in total. The molecule has 0 fully saturated rings. The number of hydrogen-bond donors (Lipinski definition) is 2. The van der Waals surface area contributed by atoms with Gasteiger partial charge in [-0.25, -0.2) is 0 Å². The van der Waals surface area contributed by atoms with Crippen LogP contribution in [0.5, 0.6) is 11.5 Å². The molecule has 1 aromatic rings.